The summed E-state index contributed by atoms with van der Waals surface area (Å²) >= 11 is 0. The molecule has 1 heterocycles. The van der Waals surface area contributed by atoms with E-state index in [0.29, 0.717) is 11.6 Å². The molecule has 0 radical (unpaired) electrons. The molecule has 19 heavy (non-hydrogen) atoms. The summed E-state index contributed by atoms with van der Waals surface area (Å²) in [6, 6.07) is 5.61. The van der Waals surface area contributed by atoms with E-state index in [9.17, 15) is 9.18 Å². The van der Waals surface area contributed by atoms with Crippen LogP contribution in [0.3, 0.4) is 0 Å². The first kappa shape index (κ1) is 13.2. The van der Waals surface area contributed by atoms with Crippen molar-refractivity contribution in [2.24, 2.45) is 0 Å². The van der Waals surface area contributed by atoms with Crippen molar-refractivity contribution in [1.29, 1.82) is 0 Å². The molecule has 0 amide bonds. The summed E-state index contributed by atoms with van der Waals surface area (Å²) in [5.41, 5.74) is 0.146. The first-order valence-corrected chi connectivity index (χ1v) is 5.57. The molecule has 0 aliphatic carbocycles. The van der Waals surface area contributed by atoms with Gasteiger partial charge in [-0.2, -0.15) is 0 Å². The largest absolute Gasteiger partial charge is 0.497 e. The predicted octanol–water partition coefficient (Wildman–Crippen LogP) is 1.73. The molecule has 1 aromatic carbocycles. The fraction of sp³-hybridized carbons (Fsp3) is 0.231. The van der Waals surface area contributed by atoms with E-state index in [4.69, 9.17) is 9.47 Å². The van der Waals surface area contributed by atoms with Crippen molar-refractivity contribution in [2.75, 3.05) is 14.2 Å². The van der Waals surface area contributed by atoms with Crippen molar-refractivity contribution < 1.29 is 13.9 Å². The maximum Gasteiger partial charge on any atom is 0.251 e. The lowest BCUT2D eigenvalue weighted by Crippen LogP contribution is -2.12. The van der Waals surface area contributed by atoms with Gasteiger partial charge < -0.3 is 14.5 Å². The molecule has 1 aromatic heterocycles. The number of ether oxygens (including phenoxy) is 2. The van der Waals surface area contributed by atoms with Gasteiger partial charge >= 0.3 is 0 Å². The third-order valence-electron chi connectivity index (χ3n) is 2.52. The van der Waals surface area contributed by atoms with Crippen LogP contribution in [0, 0.1) is 5.82 Å². The van der Waals surface area contributed by atoms with Gasteiger partial charge in [0.25, 0.3) is 5.56 Å². The van der Waals surface area contributed by atoms with E-state index >= 15 is 0 Å². The normalized spacial score (nSPS) is 10.5. The molecule has 5 nitrogen and oxygen atoms in total. The highest BCUT2D eigenvalue weighted by Crippen LogP contribution is 2.23. The molecular formula is C13H13FN2O3. The van der Waals surface area contributed by atoms with Crippen LogP contribution < -0.4 is 10.3 Å². The molecule has 6 heteroatoms. The van der Waals surface area contributed by atoms with E-state index in [2.05, 4.69) is 9.97 Å². The van der Waals surface area contributed by atoms with Gasteiger partial charge in [-0.15, -0.1) is 0 Å². The Morgan fingerprint density at radius 1 is 1.32 bits per heavy atom. The van der Waals surface area contributed by atoms with Crippen LogP contribution >= 0.6 is 0 Å². The van der Waals surface area contributed by atoms with Crippen LogP contribution in [0.1, 0.15) is 5.82 Å². The van der Waals surface area contributed by atoms with Crippen LogP contribution in [0.2, 0.25) is 0 Å². The SMILES string of the molecule is COCc1nc(-c2ccc(OC)cc2F)cc(=O)[nH]1. The minimum absolute atomic E-state index is 0.154. The van der Waals surface area contributed by atoms with Crippen LogP contribution in [0.4, 0.5) is 4.39 Å². The van der Waals surface area contributed by atoms with E-state index in [-0.39, 0.29) is 23.4 Å². The molecule has 0 spiro atoms. The Morgan fingerprint density at radius 3 is 2.74 bits per heavy atom. The van der Waals surface area contributed by atoms with Crippen molar-refractivity contribution in [3.63, 3.8) is 0 Å². The molecule has 0 saturated heterocycles. The number of hydrogen-bond donors (Lipinski definition) is 1. The fourth-order valence-corrected chi connectivity index (χ4v) is 1.68. The number of H-pyrrole nitrogens is 1. The van der Waals surface area contributed by atoms with Gasteiger partial charge in [0.05, 0.1) is 12.8 Å². The molecule has 0 fully saturated rings. The van der Waals surface area contributed by atoms with Crippen molar-refractivity contribution in [3.8, 4) is 17.0 Å². The van der Waals surface area contributed by atoms with Crippen molar-refractivity contribution in [3.05, 3.63) is 46.3 Å². The summed E-state index contributed by atoms with van der Waals surface area (Å²) in [6.45, 7) is 0.154. The summed E-state index contributed by atoms with van der Waals surface area (Å²) < 4.78 is 23.7. The molecule has 0 aliphatic heterocycles. The topological polar surface area (TPSA) is 64.2 Å². The summed E-state index contributed by atoms with van der Waals surface area (Å²) in [7, 11) is 2.94. The standard InChI is InChI=1S/C13H13FN2O3/c1-18-7-12-15-11(6-13(17)16-12)9-4-3-8(19-2)5-10(9)14/h3-6H,7H2,1-2H3,(H,15,16,17). The number of rotatable bonds is 4. The number of hydrogen-bond acceptors (Lipinski definition) is 4. The lowest BCUT2D eigenvalue weighted by molar-refractivity contribution is 0.177. The second-order valence-electron chi connectivity index (χ2n) is 3.86. The Morgan fingerprint density at radius 2 is 2.11 bits per heavy atom. The summed E-state index contributed by atoms with van der Waals surface area (Å²) in [4.78, 5) is 18.2. The molecule has 0 saturated carbocycles. The van der Waals surface area contributed by atoms with Crippen molar-refractivity contribution >= 4 is 0 Å². The number of halogens is 1. The molecule has 2 aromatic rings. The molecule has 0 bridgehead atoms. The van der Waals surface area contributed by atoms with E-state index in [1.807, 2.05) is 0 Å². The Balaban J connectivity index is 2.49. The lowest BCUT2D eigenvalue weighted by Gasteiger charge is -2.06. The first-order chi connectivity index (χ1) is 9.13. The maximum absolute atomic E-state index is 13.9. The van der Waals surface area contributed by atoms with Crippen LogP contribution in [-0.2, 0) is 11.3 Å². The minimum atomic E-state index is -0.499. The van der Waals surface area contributed by atoms with Crippen LogP contribution in [-0.4, -0.2) is 24.2 Å². The molecule has 0 atom stereocenters. The van der Waals surface area contributed by atoms with E-state index in [1.54, 1.807) is 6.07 Å². The second kappa shape index (κ2) is 5.62. The predicted molar refractivity (Wildman–Crippen MR) is 67.5 cm³/mol. The molecule has 0 unspecified atom stereocenters. The van der Waals surface area contributed by atoms with E-state index in [0.717, 1.165) is 0 Å². The highest BCUT2D eigenvalue weighted by atomic mass is 19.1. The number of methoxy groups -OCH3 is 2. The molecule has 2 rings (SSSR count). The van der Waals surface area contributed by atoms with Gasteiger partial charge in [0.1, 0.15) is 24.0 Å². The van der Waals surface area contributed by atoms with Crippen molar-refractivity contribution in [2.45, 2.75) is 6.61 Å². The summed E-state index contributed by atoms with van der Waals surface area (Å²) in [5, 5.41) is 0. The Hall–Kier alpha value is -2.21. The lowest BCUT2D eigenvalue weighted by atomic mass is 10.1. The fourth-order valence-electron chi connectivity index (χ4n) is 1.68. The smallest absolute Gasteiger partial charge is 0.251 e. The maximum atomic E-state index is 13.9. The zero-order chi connectivity index (χ0) is 13.8. The third-order valence-corrected chi connectivity index (χ3v) is 2.52. The van der Waals surface area contributed by atoms with Gasteiger partial charge in [-0.1, -0.05) is 0 Å². The quantitative estimate of drug-likeness (QED) is 0.913. The molecular weight excluding hydrogens is 251 g/mol. The Kier molecular flexibility index (Phi) is 3.91. The number of benzene rings is 1. The average Bonchev–Trinajstić information content (AvgIpc) is 2.38. The molecule has 0 aliphatic rings. The zero-order valence-electron chi connectivity index (χ0n) is 10.6. The highest BCUT2D eigenvalue weighted by molar-refractivity contribution is 5.60. The monoisotopic (exact) mass is 264 g/mol. The molecule has 1 N–H and O–H groups in total. The Bertz CT molecular complexity index is 640. The third kappa shape index (κ3) is 2.97. The van der Waals surface area contributed by atoms with Gasteiger partial charge in [-0.05, 0) is 12.1 Å². The first-order valence-electron chi connectivity index (χ1n) is 5.57. The van der Waals surface area contributed by atoms with Gasteiger partial charge in [-0.3, -0.25) is 4.79 Å². The number of nitrogens with one attached hydrogen (secondary N) is 1. The number of nitrogens with zero attached hydrogens (tertiary/aromatic N) is 1. The minimum Gasteiger partial charge on any atom is -0.497 e. The van der Waals surface area contributed by atoms with Gasteiger partial charge in [-0.25, -0.2) is 9.37 Å². The van der Waals surface area contributed by atoms with Gasteiger partial charge in [0.2, 0.25) is 0 Å². The number of aromatic amines is 1. The van der Waals surface area contributed by atoms with Crippen LogP contribution in [0.5, 0.6) is 5.75 Å². The van der Waals surface area contributed by atoms with E-state index in [1.165, 1.54) is 32.4 Å². The Labute approximate surface area is 109 Å². The second-order valence-corrected chi connectivity index (χ2v) is 3.86. The van der Waals surface area contributed by atoms with Gasteiger partial charge in [0.15, 0.2) is 0 Å². The average molecular weight is 264 g/mol. The van der Waals surface area contributed by atoms with Gasteiger partial charge in [0, 0.05) is 24.8 Å². The zero-order valence-corrected chi connectivity index (χ0v) is 10.6. The highest BCUT2D eigenvalue weighted by Gasteiger charge is 2.10. The summed E-state index contributed by atoms with van der Waals surface area (Å²) in [6.07, 6.45) is 0. The van der Waals surface area contributed by atoms with Crippen LogP contribution in [0.15, 0.2) is 29.1 Å². The molecule has 100 valence electrons. The van der Waals surface area contributed by atoms with Crippen LogP contribution in [0.25, 0.3) is 11.3 Å². The van der Waals surface area contributed by atoms with Crippen molar-refractivity contribution in [1.82, 2.24) is 9.97 Å². The van der Waals surface area contributed by atoms with E-state index < -0.39 is 5.82 Å². The summed E-state index contributed by atoms with van der Waals surface area (Å²) in [5.74, 6) is 0.254. The number of aromatic nitrogens is 2.